The number of nitrogens with zero attached hydrogens (tertiary/aromatic N) is 6. The molecule has 10 nitrogen and oxygen atoms in total. The van der Waals surface area contributed by atoms with Gasteiger partial charge < -0.3 is 29.9 Å². The van der Waals surface area contributed by atoms with E-state index in [1.54, 1.807) is 14.2 Å². The Labute approximate surface area is 435 Å². The molecule has 71 heavy (non-hydrogen) atoms. The van der Waals surface area contributed by atoms with Crippen LogP contribution >= 0.6 is 11.6 Å². The molecule has 0 fully saturated rings. The topological polar surface area (TPSA) is 101 Å². The lowest BCUT2D eigenvalue weighted by atomic mass is 9.93. The van der Waals surface area contributed by atoms with Crippen LogP contribution in [-0.2, 0) is 41.8 Å². The van der Waals surface area contributed by atoms with Gasteiger partial charge in [-0.05, 0) is 113 Å². The number of fused-ring (bicyclic) bond motifs is 2. The SMILES string of the molecule is CC.CC.CC.CC.CCc1cc(N2CCc3ccccc3C2C)nc(Nc2ccc(C)cc2C)n1.CCc1nc(Nc2ccc(C)cc2C)nc(N2CCc3ccccc3C2C)c1COC.COCCl. The van der Waals surface area contributed by atoms with E-state index in [-0.39, 0.29) is 6.04 Å². The van der Waals surface area contributed by atoms with Crippen LogP contribution in [0, 0.1) is 27.7 Å². The molecule has 2 aliphatic rings. The molecule has 8 rings (SSSR count). The molecule has 0 bridgehead atoms. The van der Waals surface area contributed by atoms with Crippen LogP contribution in [0.4, 0.5) is 34.9 Å². The van der Waals surface area contributed by atoms with Crippen molar-refractivity contribution in [2.24, 2.45) is 0 Å². The number of rotatable bonds is 11. The standard InChI is InChI=1S/C26H32N4O.C24H28N4.C2H5ClO.4C2H6/c1-6-23-22(16-31-5)25(30-14-13-20-9-7-8-10-21(20)19(30)4)29-26(27-23)28-24-12-11-17(2)15-18(24)3;1-5-20-15-23(28-13-12-19-8-6-7-9-21(19)18(28)4)27-24(25-20)26-22-11-10-16(2)14-17(22)3;1-4-2-3;4*1-2/h7-12,15,19H,6,13-14,16H2,1-5H3,(H,27,28,29);6-11,14-15,18H,5,12-13H2,1-4H3,(H,25,26,27);2H2,1H3;4*1-2H3. The van der Waals surface area contributed by atoms with E-state index in [9.17, 15) is 0 Å². The third-order valence-corrected chi connectivity index (χ3v) is 12.2. The van der Waals surface area contributed by atoms with E-state index < -0.39 is 0 Å². The molecular weight excluding hydrogens is 900 g/mol. The number of hydrogen-bond acceptors (Lipinski definition) is 10. The first-order valence-corrected chi connectivity index (χ1v) is 26.7. The minimum absolute atomic E-state index is 0.245. The fraction of sp³-hybridized carbons (Fsp3) is 0.467. The summed E-state index contributed by atoms with van der Waals surface area (Å²) >= 11 is 4.96. The van der Waals surface area contributed by atoms with Gasteiger partial charge in [-0.1, -0.05) is 165 Å². The number of aromatic nitrogens is 4. The number of nitrogens with one attached hydrogen (secondary N) is 2. The average molecular weight is 990 g/mol. The molecule has 388 valence electrons. The molecule has 0 amide bonds. The number of anilines is 6. The summed E-state index contributed by atoms with van der Waals surface area (Å²) in [5.41, 5.74) is 15.8. The molecule has 2 aromatic heterocycles. The smallest absolute Gasteiger partial charge is 0.229 e. The molecule has 0 saturated heterocycles. The number of methoxy groups -OCH3 is 2. The normalized spacial score (nSPS) is 13.9. The van der Waals surface area contributed by atoms with Crippen LogP contribution in [0.25, 0.3) is 0 Å². The highest BCUT2D eigenvalue weighted by molar-refractivity contribution is 6.17. The third kappa shape index (κ3) is 17.3. The Kier molecular flexibility index (Phi) is 28.8. The molecule has 0 radical (unpaired) electrons. The number of aryl methyl sites for hydroxylation is 6. The summed E-state index contributed by atoms with van der Waals surface area (Å²) in [4.78, 5) is 24.3. The molecule has 2 atom stereocenters. The second-order valence-corrected chi connectivity index (χ2v) is 16.6. The van der Waals surface area contributed by atoms with Gasteiger partial charge in [0.05, 0.1) is 24.4 Å². The second kappa shape index (κ2) is 33.2. The molecule has 0 aliphatic carbocycles. The van der Waals surface area contributed by atoms with Gasteiger partial charge in [0.25, 0.3) is 0 Å². The highest BCUT2D eigenvalue weighted by Gasteiger charge is 2.29. The number of benzene rings is 4. The molecule has 4 heterocycles. The van der Waals surface area contributed by atoms with Crippen LogP contribution in [0.15, 0.2) is 91.0 Å². The number of hydrogen-bond donors (Lipinski definition) is 2. The summed E-state index contributed by atoms with van der Waals surface area (Å²) in [7, 11) is 3.28. The first-order chi connectivity index (χ1) is 34.5. The lowest BCUT2D eigenvalue weighted by Gasteiger charge is -2.37. The van der Waals surface area contributed by atoms with E-state index in [2.05, 4.69) is 172 Å². The first kappa shape index (κ1) is 61.6. The first-order valence-electron chi connectivity index (χ1n) is 26.2. The van der Waals surface area contributed by atoms with E-state index >= 15 is 0 Å². The van der Waals surface area contributed by atoms with Crippen molar-refractivity contribution in [1.29, 1.82) is 0 Å². The largest absolute Gasteiger partial charge is 0.380 e. The summed E-state index contributed by atoms with van der Waals surface area (Å²) < 4.78 is 9.88. The molecule has 6 aromatic rings. The number of ether oxygens (including phenoxy) is 2. The molecule has 2 unspecified atom stereocenters. The zero-order chi connectivity index (χ0) is 53.0. The number of alkyl halides is 1. The van der Waals surface area contributed by atoms with Crippen LogP contribution < -0.4 is 20.4 Å². The van der Waals surface area contributed by atoms with Crippen molar-refractivity contribution in [2.75, 3.05) is 53.8 Å². The van der Waals surface area contributed by atoms with E-state index in [0.717, 1.165) is 78.7 Å². The van der Waals surface area contributed by atoms with Crippen molar-refractivity contribution in [1.82, 2.24) is 19.9 Å². The van der Waals surface area contributed by atoms with Crippen molar-refractivity contribution in [2.45, 2.75) is 155 Å². The quantitative estimate of drug-likeness (QED) is 0.122. The van der Waals surface area contributed by atoms with Crippen molar-refractivity contribution in [3.8, 4) is 0 Å². The third-order valence-electron chi connectivity index (χ3n) is 11.9. The zero-order valence-electron chi connectivity index (χ0n) is 46.8. The maximum atomic E-state index is 5.57. The van der Waals surface area contributed by atoms with Crippen LogP contribution in [0.5, 0.6) is 0 Å². The molecular formula is C60H89ClN8O2. The second-order valence-electron chi connectivity index (χ2n) is 16.4. The Balaban J connectivity index is 0.000000402. The van der Waals surface area contributed by atoms with Gasteiger partial charge in [0.2, 0.25) is 11.9 Å². The van der Waals surface area contributed by atoms with Crippen LogP contribution in [0.2, 0.25) is 0 Å². The summed E-state index contributed by atoms with van der Waals surface area (Å²) in [6.07, 6.45) is 3.77. The van der Waals surface area contributed by atoms with Crippen molar-refractivity contribution in [3.05, 3.63) is 152 Å². The van der Waals surface area contributed by atoms with Crippen molar-refractivity contribution >= 4 is 46.5 Å². The van der Waals surface area contributed by atoms with Gasteiger partial charge in [0, 0.05) is 56.0 Å². The molecule has 0 saturated carbocycles. The Bertz CT molecular complexity index is 2460. The summed E-state index contributed by atoms with van der Waals surface area (Å²) in [5, 5.41) is 6.91. The molecule has 11 heteroatoms. The average Bonchev–Trinajstić information content (AvgIpc) is 3.41. The van der Waals surface area contributed by atoms with E-state index in [1.165, 1.54) is 44.5 Å². The maximum Gasteiger partial charge on any atom is 0.229 e. The maximum absolute atomic E-state index is 5.57. The van der Waals surface area contributed by atoms with Crippen LogP contribution in [0.1, 0.15) is 157 Å². The van der Waals surface area contributed by atoms with Gasteiger partial charge in [-0.15, -0.1) is 0 Å². The van der Waals surface area contributed by atoms with E-state index in [4.69, 9.17) is 36.3 Å². The summed E-state index contributed by atoms with van der Waals surface area (Å²) in [6, 6.07) is 33.2. The minimum Gasteiger partial charge on any atom is -0.380 e. The molecule has 0 spiro atoms. The summed E-state index contributed by atoms with van der Waals surface area (Å²) in [6.45, 7) is 35.7. The monoisotopic (exact) mass is 989 g/mol. The van der Waals surface area contributed by atoms with Gasteiger partial charge >= 0.3 is 0 Å². The lowest BCUT2D eigenvalue weighted by molar-refractivity contribution is 0.183. The molecule has 4 aromatic carbocycles. The van der Waals surface area contributed by atoms with Crippen molar-refractivity contribution in [3.63, 3.8) is 0 Å². The Hall–Kier alpha value is -5.55. The van der Waals surface area contributed by atoms with E-state index in [1.807, 2.05) is 55.4 Å². The molecule has 2 aliphatic heterocycles. The number of halogens is 1. The molecule has 2 N–H and O–H groups in total. The van der Waals surface area contributed by atoms with Gasteiger partial charge in [0.1, 0.15) is 17.7 Å². The van der Waals surface area contributed by atoms with E-state index in [0.29, 0.717) is 30.6 Å². The highest BCUT2D eigenvalue weighted by atomic mass is 35.5. The zero-order valence-corrected chi connectivity index (χ0v) is 47.6. The Morgan fingerprint density at radius 3 is 1.49 bits per heavy atom. The van der Waals surface area contributed by atoms with Crippen LogP contribution in [0.3, 0.4) is 0 Å². The Morgan fingerprint density at radius 1 is 0.577 bits per heavy atom. The summed E-state index contributed by atoms with van der Waals surface area (Å²) in [5.74, 6) is 3.29. The highest BCUT2D eigenvalue weighted by Crippen LogP contribution is 2.37. The van der Waals surface area contributed by atoms with Gasteiger partial charge in [-0.3, -0.25) is 0 Å². The van der Waals surface area contributed by atoms with Gasteiger partial charge in [-0.25, -0.2) is 9.97 Å². The predicted octanol–water partition coefficient (Wildman–Crippen LogP) is 16.1. The van der Waals surface area contributed by atoms with Crippen LogP contribution in [-0.4, -0.2) is 53.3 Å². The fourth-order valence-electron chi connectivity index (χ4n) is 8.56. The van der Waals surface area contributed by atoms with Crippen molar-refractivity contribution < 1.29 is 9.47 Å². The Morgan fingerprint density at radius 2 is 1.04 bits per heavy atom. The lowest BCUT2D eigenvalue weighted by Crippen LogP contribution is -2.35. The predicted molar refractivity (Wildman–Crippen MR) is 307 cm³/mol. The minimum atomic E-state index is 0.245. The van der Waals surface area contributed by atoms with Gasteiger partial charge in [0.15, 0.2) is 0 Å². The van der Waals surface area contributed by atoms with Gasteiger partial charge in [-0.2, -0.15) is 9.97 Å². The fourth-order valence-corrected chi connectivity index (χ4v) is 8.56.